The molecule has 0 spiro atoms. The molecule has 0 saturated heterocycles. The van der Waals surface area contributed by atoms with E-state index in [-0.39, 0.29) is 0 Å². The summed E-state index contributed by atoms with van der Waals surface area (Å²) in [6.07, 6.45) is 4.95. The first-order valence-electron chi connectivity index (χ1n) is 8.23. The van der Waals surface area contributed by atoms with Crippen LogP contribution >= 0.6 is 0 Å². The van der Waals surface area contributed by atoms with Gasteiger partial charge in [-0.15, -0.1) is 0 Å². The van der Waals surface area contributed by atoms with E-state index in [0.29, 0.717) is 39.8 Å². The molecule has 0 aliphatic carbocycles. The molecule has 130 valence electrons. The molecule has 0 radical (unpaired) electrons. The van der Waals surface area contributed by atoms with Crippen LogP contribution in [0.3, 0.4) is 0 Å². The predicted molar refractivity (Wildman–Crippen MR) is 100 cm³/mol. The summed E-state index contributed by atoms with van der Waals surface area (Å²) in [5.41, 5.74) is 8.76. The van der Waals surface area contributed by atoms with Crippen molar-refractivity contribution in [1.82, 2.24) is 29.5 Å². The summed E-state index contributed by atoms with van der Waals surface area (Å²) in [4.78, 5) is 17.4. The van der Waals surface area contributed by atoms with Crippen molar-refractivity contribution in [2.24, 2.45) is 0 Å². The lowest BCUT2D eigenvalue weighted by Crippen LogP contribution is -2.00. The number of nitrogen functional groups attached to an aromatic ring is 1. The van der Waals surface area contributed by atoms with Crippen molar-refractivity contribution in [2.45, 2.75) is 0 Å². The van der Waals surface area contributed by atoms with Crippen LogP contribution in [0, 0.1) is 0 Å². The van der Waals surface area contributed by atoms with E-state index in [1.54, 1.807) is 16.9 Å². The van der Waals surface area contributed by atoms with Crippen LogP contribution in [-0.2, 0) is 0 Å². The number of benzene rings is 1. The lowest BCUT2D eigenvalue weighted by Gasteiger charge is -2.11. The fourth-order valence-electron chi connectivity index (χ4n) is 2.84. The van der Waals surface area contributed by atoms with Crippen LogP contribution in [0.15, 0.2) is 67.3 Å². The van der Waals surface area contributed by atoms with Gasteiger partial charge in [-0.2, -0.15) is 5.10 Å². The summed E-state index contributed by atoms with van der Waals surface area (Å²) >= 11 is 0. The SMILES string of the molecule is Nc1nc(-c2ccccc2Oc2ccn3ncnc3c2)nc2cccnc12. The largest absolute Gasteiger partial charge is 0.456 e. The first kappa shape index (κ1) is 15.2. The fourth-order valence-corrected chi connectivity index (χ4v) is 2.84. The molecule has 0 bridgehead atoms. The molecular weight excluding hydrogens is 342 g/mol. The van der Waals surface area contributed by atoms with Gasteiger partial charge in [0, 0.05) is 18.5 Å². The molecule has 0 saturated carbocycles. The minimum Gasteiger partial charge on any atom is -0.456 e. The number of nitrogens with zero attached hydrogens (tertiary/aromatic N) is 6. The van der Waals surface area contributed by atoms with Crippen LogP contribution in [0.2, 0.25) is 0 Å². The summed E-state index contributed by atoms with van der Waals surface area (Å²) in [7, 11) is 0. The highest BCUT2D eigenvalue weighted by atomic mass is 16.5. The Labute approximate surface area is 153 Å². The Balaban J connectivity index is 1.60. The van der Waals surface area contributed by atoms with Crippen LogP contribution in [0.5, 0.6) is 11.5 Å². The first-order chi connectivity index (χ1) is 13.3. The van der Waals surface area contributed by atoms with E-state index < -0.39 is 0 Å². The highest BCUT2D eigenvalue weighted by Crippen LogP contribution is 2.32. The van der Waals surface area contributed by atoms with Gasteiger partial charge >= 0.3 is 0 Å². The predicted octanol–water partition coefficient (Wildman–Crippen LogP) is 3.11. The zero-order valence-corrected chi connectivity index (χ0v) is 14.0. The van der Waals surface area contributed by atoms with E-state index in [9.17, 15) is 0 Å². The zero-order chi connectivity index (χ0) is 18.2. The third-order valence-electron chi connectivity index (χ3n) is 4.09. The summed E-state index contributed by atoms with van der Waals surface area (Å²) < 4.78 is 7.74. The summed E-state index contributed by atoms with van der Waals surface area (Å²) in [6.45, 7) is 0. The Morgan fingerprint density at radius 3 is 2.85 bits per heavy atom. The molecule has 0 fully saturated rings. The van der Waals surface area contributed by atoms with Crippen LogP contribution < -0.4 is 10.5 Å². The minimum absolute atomic E-state index is 0.329. The van der Waals surface area contributed by atoms with E-state index in [1.165, 1.54) is 6.33 Å². The van der Waals surface area contributed by atoms with Gasteiger partial charge in [-0.1, -0.05) is 12.1 Å². The molecule has 4 heterocycles. The number of hydrogen-bond donors (Lipinski definition) is 1. The summed E-state index contributed by atoms with van der Waals surface area (Å²) in [6, 6.07) is 14.8. The standard InChI is InChI=1S/C19H13N7O/c20-18-17-14(5-3-8-21-17)24-19(25-18)13-4-1-2-6-15(13)27-12-7-9-26-16(10-12)22-11-23-26/h1-11H,(H2,20,24,25). The molecule has 5 aromatic rings. The quantitative estimate of drug-likeness (QED) is 0.530. The van der Waals surface area contributed by atoms with Crippen molar-refractivity contribution in [2.75, 3.05) is 5.73 Å². The lowest BCUT2D eigenvalue weighted by atomic mass is 10.2. The lowest BCUT2D eigenvalue weighted by molar-refractivity contribution is 0.483. The molecule has 8 heteroatoms. The van der Waals surface area contributed by atoms with Crippen molar-refractivity contribution in [3.63, 3.8) is 0 Å². The highest BCUT2D eigenvalue weighted by molar-refractivity contribution is 5.86. The molecule has 0 aliphatic heterocycles. The Morgan fingerprint density at radius 1 is 0.963 bits per heavy atom. The van der Waals surface area contributed by atoms with Crippen LogP contribution in [0.4, 0.5) is 5.82 Å². The highest BCUT2D eigenvalue weighted by Gasteiger charge is 2.13. The normalized spacial score (nSPS) is 11.1. The van der Waals surface area contributed by atoms with Gasteiger partial charge in [0.1, 0.15) is 23.3 Å². The minimum atomic E-state index is 0.329. The van der Waals surface area contributed by atoms with Crippen molar-refractivity contribution >= 4 is 22.5 Å². The summed E-state index contributed by atoms with van der Waals surface area (Å²) in [5.74, 6) is 2.06. The second-order valence-electron chi connectivity index (χ2n) is 5.83. The van der Waals surface area contributed by atoms with Crippen molar-refractivity contribution in [3.05, 3.63) is 67.3 Å². The van der Waals surface area contributed by atoms with Gasteiger partial charge in [0.15, 0.2) is 17.3 Å². The maximum Gasteiger partial charge on any atom is 0.166 e. The second kappa shape index (κ2) is 6.03. The molecule has 0 aliphatic rings. The number of anilines is 1. The third-order valence-corrected chi connectivity index (χ3v) is 4.09. The Bertz CT molecular complexity index is 1280. The number of rotatable bonds is 3. The topological polar surface area (TPSA) is 104 Å². The summed E-state index contributed by atoms with van der Waals surface area (Å²) in [5, 5.41) is 4.08. The van der Waals surface area contributed by atoms with Crippen molar-refractivity contribution in [1.29, 1.82) is 0 Å². The van der Waals surface area contributed by atoms with Crippen molar-refractivity contribution in [3.8, 4) is 22.9 Å². The Hall–Kier alpha value is -4.07. The van der Waals surface area contributed by atoms with Crippen molar-refractivity contribution < 1.29 is 4.74 Å². The zero-order valence-electron chi connectivity index (χ0n) is 14.0. The van der Waals surface area contributed by atoms with E-state index in [2.05, 4.69) is 25.0 Å². The molecule has 8 nitrogen and oxygen atoms in total. The average molecular weight is 355 g/mol. The van der Waals surface area contributed by atoms with Gasteiger partial charge in [0.2, 0.25) is 0 Å². The van der Waals surface area contributed by atoms with E-state index in [0.717, 1.165) is 5.56 Å². The number of ether oxygens (including phenoxy) is 1. The molecule has 4 aromatic heterocycles. The van der Waals surface area contributed by atoms with Gasteiger partial charge in [0.25, 0.3) is 0 Å². The second-order valence-corrected chi connectivity index (χ2v) is 5.83. The van der Waals surface area contributed by atoms with E-state index in [4.69, 9.17) is 10.5 Å². The number of pyridine rings is 2. The number of fused-ring (bicyclic) bond motifs is 2. The van der Waals surface area contributed by atoms with Crippen LogP contribution in [0.25, 0.3) is 28.1 Å². The number of nitrogens with two attached hydrogens (primary N) is 1. The molecular formula is C19H13N7O. The number of hydrogen-bond acceptors (Lipinski definition) is 7. The monoisotopic (exact) mass is 355 g/mol. The smallest absolute Gasteiger partial charge is 0.166 e. The van der Waals surface area contributed by atoms with Gasteiger partial charge in [0.05, 0.1) is 11.1 Å². The van der Waals surface area contributed by atoms with Crippen LogP contribution in [-0.4, -0.2) is 29.5 Å². The van der Waals surface area contributed by atoms with Gasteiger partial charge in [-0.05, 0) is 30.3 Å². The van der Waals surface area contributed by atoms with Crippen LogP contribution in [0.1, 0.15) is 0 Å². The van der Waals surface area contributed by atoms with E-state index >= 15 is 0 Å². The average Bonchev–Trinajstić information content (AvgIpc) is 3.16. The van der Waals surface area contributed by atoms with Gasteiger partial charge in [-0.25, -0.2) is 19.5 Å². The maximum atomic E-state index is 6.08. The number of aromatic nitrogens is 6. The third kappa shape index (κ3) is 2.69. The molecule has 27 heavy (non-hydrogen) atoms. The Kier molecular flexibility index (Phi) is 3.39. The molecule has 1 aromatic carbocycles. The molecule has 0 amide bonds. The molecule has 0 atom stereocenters. The fraction of sp³-hybridized carbons (Fsp3) is 0. The van der Waals surface area contributed by atoms with Gasteiger partial charge < -0.3 is 10.5 Å². The van der Waals surface area contributed by atoms with E-state index in [1.807, 2.05) is 48.5 Å². The molecule has 0 unspecified atom stereocenters. The molecule has 5 rings (SSSR count). The maximum absolute atomic E-state index is 6.08. The first-order valence-corrected chi connectivity index (χ1v) is 8.23. The molecule has 2 N–H and O–H groups in total. The number of para-hydroxylation sites is 1. The Morgan fingerprint density at radius 2 is 1.89 bits per heavy atom. The van der Waals surface area contributed by atoms with Gasteiger partial charge in [-0.3, -0.25) is 4.98 Å².